The summed E-state index contributed by atoms with van der Waals surface area (Å²) < 4.78 is 2.23. The van der Waals surface area contributed by atoms with E-state index in [1.54, 1.807) is 0 Å². The first kappa shape index (κ1) is 12.3. The quantitative estimate of drug-likeness (QED) is 0.707. The fourth-order valence-electron chi connectivity index (χ4n) is 2.58. The van der Waals surface area contributed by atoms with Gasteiger partial charge in [0.05, 0.1) is 0 Å². The van der Waals surface area contributed by atoms with Gasteiger partial charge < -0.3 is 4.57 Å². The van der Waals surface area contributed by atoms with Crippen molar-refractivity contribution in [1.29, 1.82) is 0 Å². The third kappa shape index (κ3) is 1.98. The monoisotopic (exact) mass is 243 g/mol. The van der Waals surface area contributed by atoms with Crippen LogP contribution < -0.4 is 0 Å². The number of benzene rings is 1. The fraction of sp³-hybridized carbons (Fsp3) is 0.286. The second kappa shape index (κ2) is 4.98. The minimum Gasteiger partial charge on any atom is -0.347 e. The van der Waals surface area contributed by atoms with E-state index >= 15 is 0 Å². The number of aryl methyl sites for hydroxylation is 1. The smallest absolute Gasteiger partial charge is 0.347 e. The summed E-state index contributed by atoms with van der Waals surface area (Å²) in [5, 5.41) is 1.25. The highest BCUT2D eigenvalue weighted by Gasteiger charge is 2.21. The third-order valence-electron chi connectivity index (χ3n) is 3.36. The molecule has 1 aliphatic rings. The summed E-state index contributed by atoms with van der Waals surface area (Å²) in [5.74, 6) is 0.374. The Morgan fingerprint density at radius 3 is 2.56 bits per heavy atom. The summed E-state index contributed by atoms with van der Waals surface area (Å²) in [6, 6.07) is 8.34. The lowest BCUT2D eigenvalue weighted by Gasteiger charge is -2.12. The molecule has 18 heavy (non-hydrogen) atoms. The molecule has 0 bridgehead atoms. The van der Waals surface area contributed by atoms with Gasteiger partial charge in [-0.25, -0.2) is 0 Å². The molecular weight excluding hydrogens is 230 g/mol. The van der Waals surface area contributed by atoms with Crippen LogP contribution in [0.25, 0.3) is 10.9 Å². The van der Waals surface area contributed by atoms with Crippen LogP contribution in [0.5, 0.6) is 0 Å². The molecule has 0 saturated heterocycles. The van der Waals surface area contributed by atoms with E-state index < -0.39 is 0 Å². The first-order valence-electron chi connectivity index (χ1n) is 5.75. The maximum Gasteiger partial charge on any atom is 0.373 e. The van der Waals surface area contributed by atoms with Gasteiger partial charge in [-0.05, 0) is 18.1 Å². The maximum atomic E-state index is 11.5. The number of aromatic nitrogens is 1. The first-order chi connectivity index (χ1) is 8.69. The number of hydrogen-bond acceptors (Lipinski definition) is 3. The third-order valence-corrected chi connectivity index (χ3v) is 3.36. The van der Waals surface area contributed by atoms with E-state index in [-0.39, 0.29) is 6.15 Å². The highest BCUT2D eigenvalue weighted by atomic mass is 16.2. The summed E-state index contributed by atoms with van der Waals surface area (Å²) in [5.41, 5.74) is 3.84. The van der Waals surface area contributed by atoms with Crippen LogP contribution in [0.4, 0.5) is 0 Å². The van der Waals surface area contributed by atoms with Crippen molar-refractivity contribution < 1.29 is 14.4 Å². The Balaban J connectivity index is 0.000000367. The molecule has 0 aliphatic heterocycles. The first-order valence-corrected chi connectivity index (χ1v) is 5.75. The van der Waals surface area contributed by atoms with Crippen LogP contribution in [-0.2, 0) is 34.3 Å². The van der Waals surface area contributed by atoms with E-state index in [1.807, 2.05) is 6.07 Å². The van der Waals surface area contributed by atoms with E-state index in [4.69, 9.17) is 9.59 Å². The molecule has 0 amide bonds. The van der Waals surface area contributed by atoms with Crippen molar-refractivity contribution in [2.75, 3.05) is 0 Å². The number of rotatable bonds is 0. The second-order valence-corrected chi connectivity index (χ2v) is 4.30. The molecule has 0 N–H and O–H groups in total. The van der Waals surface area contributed by atoms with Crippen molar-refractivity contribution in [3.63, 3.8) is 0 Å². The highest BCUT2D eigenvalue weighted by Crippen LogP contribution is 2.29. The standard InChI is InChI=1S/C13H13NO.CO2/c1-14-12-5-3-2-4-10(12)11-8-9(15)6-7-13(11)14;2-1-3/h2-5H,6-8H2,1H3;. The van der Waals surface area contributed by atoms with E-state index in [1.165, 1.54) is 22.2 Å². The SMILES string of the molecule is Cn1c2c(c3ccccc31)CC(=O)CC2.O=C=O. The van der Waals surface area contributed by atoms with Gasteiger partial charge in [0.1, 0.15) is 5.78 Å². The molecule has 1 aliphatic carbocycles. The van der Waals surface area contributed by atoms with Crippen molar-refractivity contribution >= 4 is 22.8 Å². The van der Waals surface area contributed by atoms with Gasteiger partial charge in [0, 0.05) is 36.5 Å². The average Bonchev–Trinajstić information content (AvgIpc) is 2.65. The van der Waals surface area contributed by atoms with Crippen LogP contribution in [0, 0.1) is 0 Å². The lowest BCUT2D eigenvalue weighted by molar-refractivity contribution is -0.191. The van der Waals surface area contributed by atoms with Gasteiger partial charge in [-0.1, -0.05) is 18.2 Å². The van der Waals surface area contributed by atoms with E-state index in [0.29, 0.717) is 18.6 Å². The minimum absolute atomic E-state index is 0.250. The maximum absolute atomic E-state index is 11.5. The number of ketones is 1. The Bertz CT molecular complexity index is 634. The van der Waals surface area contributed by atoms with Crippen LogP contribution in [0.1, 0.15) is 17.7 Å². The molecule has 92 valence electrons. The normalized spacial score (nSPS) is 13.5. The largest absolute Gasteiger partial charge is 0.373 e. The van der Waals surface area contributed by atoms with Crippen molar-refractivity contribution in [1.82, 2.24) is 4.57 Å². The van der Waals surface area contributed by atoms with Crippen LogP contribution >= 0.6 is 0 Å². The molecule has 3 rings (SSSR count). The summed E-state index contributed by atoms with van der Waals surface area (Å²) in [4.78, 5) is 27.7. The average molecular weight is 243 g/mol. The molecule has 0 fully saturated rings. The number of carbonyl (C=O) groups is 1. The van der Waals surface area contributed by atoms with Gasteiger partial charge in [-0.2, -0.15) is 9.59 Å². The van der Waals surface area contributed by atoms with Crippen LogP contribution in [0.3, 0.4) is 0 Å². The van der Waals surface area contributed by atoms with Crippen molar-refractivity contribution in [2.24, 2.45) is 7.05 Å². The summed E-state index contributed by atoms with van der Waals surface area (Å²) in [7, 11) is 2.09. The number of hydrogen-bond donors (Lipinski definition) is 0. The van der Waals surface area contributed by atoms with E-state index in [0.717, 1.165) is 6.42 Å². The molecule has 4 heteroatoms. The zero-order chi connectivity index (χ0) is 13.1. The molecule has 1 aromatic carbocycles. The van der Waals surface area contributed by atoms with Crippen LogP contribution in [0.15, 0.2) is 24.3 Å². The van der Waals surface area contributed by atoms with E-state index in [2.05, 4.69) is 29.8 Å². The Labute approximate surface area is 104 Å². The lowest BCUT2D eigenvalue weighted by Crippen LogP contribution is -2.14. The van der Waals surface area contributed by atoms with Crippen molar-refractivity contribution in [3.05, 3.63) is 35.5 Å². The number of carbonyl (C=O) groups excluding carboxylic acids is 3. The van der Waals surface area contributed by atoms with Crippen molar-refractivity contribution in [3.8, 4) is 0 Å². The molecule has 4 nitrogen and oxygen atoms in total. The van der Waals surface area contributed by atoms with Gasteiger partial charge in [-0.3, -0.25) is 4.79 Å². The predicted octanol–water partition coefficient (Wildman–Crippen LogP) is 1.65. The zero-order valence-corrected chi connectivity index (χ0v) is 10.1. The molecule has 0 spiro atoms. The topological polar surface area (TPSA) is 56.1 Å². The van der Waals surface area contributed by atoms with Crippen molar-refractivity contribution in [2.45, 2.75) is 19.3 Å². The molecule has 0 unspecified atom stereocenters. The van der Waals surface area contributed by atoms with Gasteiger partial charge >= 0.3 is 6.15 Å². The molecule has 1 aromatic heterocycles. The van der Waals surface area contributed by atoms with Gasteiger partial charge in [0.2, 0.25) is 0 Å². The summed E-state index contributed by atoms with van der Waals surface area (Å²) in [6.07, 6.45) is 2.48. The van der Waals surface area contributed by atoms with Crippen LogP contribution in [-0.4, -0.2) is 16.5 Å². The molecule has 1 heterocycles. The lowest BCUT2D eigenvalue weighted by atomic mass is 9.94. The number of Topliss-reactive ketones (excluding diaryl/α,β-unsaturated/α-hetero) is 1. The highest BCUT2D eigenvalue weighted by molar-refractivity contribution is 5.93. The second-order valence-electron chi connectivity index (χ2n) is 4.30. The van der Waals surface area contributed by atoms with E-state index in [9.17, 15) is 4.79 Å². The number of para-hydroxylation sites is 1. The summed E-state index contributed by atoms with van der Waals surface area (Å²) in [6.45, 7) is 0. The van der Waals surface area contributed by atoms with Gasteiger partial charge in [0.15, 0.2) is 0 Å². The fourth-order valence-corrected chi connectivity index (χ4v) is 2.58. The summed E-state index contributed by atoms with van der Waals surface area (Å²) >= 11 is 0. The van der Waals surface area contributed by atoms with Gasteiger partial charge in [0.25, 0.3) is 0 Å². The number of nitrogens with zero attached hydrogens (tertiary/aromatic N) is 1. The van der Waals surface area contributed by atoms with Gasteiger partial charge in [-0.15, -0.1) is 0 Å². The predicted molar refractivity (Wildman–Crippen MR) is 65.0 cm³/mol. The molecule has 0 saturated carbocycles. The molecule has 0 atom stereocenters. The zero-order valence-electron chi connectivity index (χ0n) is 10.1. The molecule has 2 aromatic rings. The Hall–Kier alpha value is -2.19. The van der Waals surface area contributed by atoms with Crippen LogP contribution in [0.2, 0.25) is 0 Å². The number of fused-ring (bicyclic) bond motifs is 3. The Kier molecular flexibility index (Phi) is 3.40. The Morgan fingerprint density at radius 1 is 1.17 bits per heavy atom. The Morgan fingerprint density at radius 2 is 1.83 bits per heavy atom. The molecule has 0 radical (unpaired) electrons. The molecular formula is C14H13NO3. The minimum atomic E-state index is 0.250.